The Morgan fingerprint density at radius 3 is 2.50 bits per heavy atom. The van der Waals surface area contributed by atoms with Crippen LogP contribution in [0.25, 0.3) is 0 Å². The Morgan fingerprint density at radius 2 is 2.50 bits per heavy atom. The van der Waals surface area contributed by atoms with Gasteiger partial charge in [-0.05, 0) is 6.92 Å². The fourth-order valence-electron chi connectivity index (χ4n) is 0.0393. The van der Waals surface area contributed by atoms with Crippen LogP contribution in [0.2, 0.25) is 0 Å². The Morgan fingerprint density at radius 1 is 2.00 bits per heavy atom. The molecule has 0 aliphatic carbocycles. The van der Waals surface area contributed by atoms with Crippen LogP contribution in [0.1, 0.15) is 6.92 Å². The van der Waals surface area contributed by atoms with E-state index in [9.17, 15) is 4.79 Å². The molecule has 0 radical (unpaired) electrons. The summed E-state index contributed by atoms with van der Waals surface area (Å²) in [4.78, 5) is 9.59. The highest BCUT2D eigenvalue weighted by Gasteiger charge is 1.87. The first kappa shape index (κ1) is 5.59. The monoisotopic (exact) mass is 88.1 g/mol. The summed E-state index contributed by atoms with van der Waals surface area (Å²) in [5.74, 6) is 4.80. The number of hydrogen-bond acceptors (Lipinski definition) is 3. The molecule has 0 spiro atoms. The molecule has 0 heterocycles. The van der Waals surface area contributed by atoms with Crippen LogP contribution in [0.3, 0.4) is 0 Å². The van der Waals surface area contributed by atoms with Crippen molar-refractivity contribution in [2.75, 3.05) is 0 Å². The van der Waals surface area contributed by atoms with Crippen molar-refractivity contribution in [3.05, 3.63) is 0 Å². The van der Waals surface area contributed by atoms with Crippen molar-refractivity contribution < 1.29 is 4.79 Å². The maximum absolute atomic E-state index is 9.59. The minimum atomic E-state index is -0.218. The van der Waals surface area contributed by atoms with Gasteiger partial charge in [0.1, 0.15) is 6.29 Å². The van der Waals surface area contributed by atoms with Crippen molar-refractivity contribution in [2.45, 2.75) is 13.0 Å². The van der Waals surface area contributed by atoms with Crippen LogP contribution in [-0.4, -0.2) is 12.3 Å². The normalized spacial score (nSPS) is 13.7. The van der Waals surface area contributed by atoms with Gasteiger partial charge >= 0.3 is 0 Å². The molecule has 0 saturated heterocycles. The number of nitrogens with two attached hydrogens (primary N) is 1. The van der Waals surface area contributed by atoms with Crippen molar-refractivity contribution in [3.8, 4) is 0 Å². The van der Waals surface area contributed by atoms with Gasteiger partial charge in [-0.3, -0.25) is 11.3 Å². The Labute approximate surface area is 36.5 Å². The molecule has 0 rings (SSSR count). The lowest BCUT2D eigenvalue weighted by Gasteiger charge is -1.94. The number of hydrogen-bond donors (Lipinski definition) is 2. The highest BCUT2D eigenvalue weighted by Crippen LogP contribution is 1.61. The second-order valence-electron chi connectivity index (χ2n) is 1.09. The van der Waals surface area contributed by atoms with E-state index in [-0.39, 0.29) is 6.04 Å². The number of hydrazine groups is 1. The maximum Gasteiger partial charge on any atom is 0.137 e. The molecule has 6 heavy (non-hydrogen) atoms. The highest BCUT2D eigenvalue weighted by molar-refractivity contribution is 5.56. The van der Waals surface area contributed by atoms with Gasteiger partial charge in [0, 0.05) is 0 Å². The van der Waals surface area contributed by atoms with E-state index in [0.29, 0.717) is 0 Å². The van der Waals surface area contributed by atoms with Crippen LogP contribution in [0.15, 0.2) is 0 Å². The van der Waals surface area contributed by atoms with Gasteiger partial charge in [0.15, 0.2) is 0 Å². The van der Waals surface area contributed by atoms with E-state index in [4.69, 9.17) is 5.84 Å². The van der Waals surface area contributed by atoms with Crippen LogP contribution in [0.5, 0.6) is 0 Å². The Balaban J connectivity index is 2.96. The second kappa shape index (κ2) is 2.81. The predicted octanol–water partition coefficient (Wildman–Crippen LogP) is -0.963. The topological polar surface area (TPSA) is 55.1 Å². The minimum Gasteiger partial charge on any atom is -0.302 e. The lowest BCUT2D eigenvalue weighted by molar-refractivity contribution is -0.109. The van der Waals surface area contributed by atoms with Crippen LogP contribution < -0.4 is 11.3 Å². The number of carbonyl (C=O) groups is 1. The molecule has 0 bridgehead atoms. The second-order valence-corrected chi connectivity index (χ2v) is 1.09. The third-order valence-electron chi connectivity index (χ3n) is 0.467. The van der Waals surface area contributed by atoms with E-state index in [2.05, 4.69) is 5.43 Å². The molecule has 3 N–H and O–H groups in total. The molecule has 0 saturated carbocycles. The van der Waals surface area contributed by atoms with Crippen molar-refractivity contribution >= 4 is 6.29 Å². The van der Waals surface area contributed by atoms with Gasteiger partial charge in [-0.1, -0.05) is 0 Å². The smallest absolute Gasteiger partial charge is 0.137 e. The fraction of sp³-hybridized carbons (Fsp3) is 0.667. The molecule has 1 atom stereocenters. The van der Waals surface area contributed by atoms with Gasteiger partial charge in [0.05, 0.1) is 6.04 Å². The van der Waals surface area contributed by atoms with Crippen molar-refractivity contribution in [1.82, 2.24) is 5.43 Å². The van der Waals surface area contributed by atoms with Crippen LogP contribution >= 0.6 is 0 Å². The molecule has 0 fully saturated rings. The molecular weight excluding hydrogens is 80.0 g/mol. The van der Waals surface area contributed by atoms with E-state index in [1.165, 1.54) is 0 Å². The van der Waals surface area contributed by atoms with Gasteiger partial charge in [0.2, 0.25) is 0 Å². The summed E-state index contributed by atoms with van der Waals surface area (Å²) in [6.45, 7) is 1.67. The van der Waals surface area contributed by atoms with Gasteiger partial charge < -0.3 is 4.79 Å². The summed E-state index contributed by atoms with van der Waals surface area (Å²) < 4.78 is 0. The standard InChI is InChI=1S/C3H8N2O/c1-3(2-6)5-4/h2-3,5H,4H2,1H3/t3-/m1/s1. The van der Waals surface area contributed by atoms with Crippen LogP contribution in [-0.2, 0) is 4.79 Å². The molecule has 0 aliphatic rings. The van der Waals surface area contributed by atoms with Crippen LogP contribution in [0, 0.1) is 0 Å². The molecule has 0 aliphatic heterocycles. The zero-order chi connectivity index (χ0) is 4.99. The Bertz CT molecular complexity index is 46.1. The largest absolute Gasteiger partial charge is 0.302 e. The van der Waals surface area contributed by atoms with Crippen molar-refractivity contribution in [2.24, 2.45) is 5.84 Å². The molecule has 0 unspecified atom stereocenters. The summed E-state index contributed by atoms with van der Waals surface area (Å²) in [5, 5.41) is 0. The first-order valence-electron chi connectivity index (χ1n) is 1.72. The van der Waals surface area contributed by atoms with E-state index in [1.54, 1.807) is 6.92 Å². The average Bonchev–Trinajstić information content (AvgIpc) is 1.65. The van der Waals surface area contributed by atoms with Crippen molar-refractivity contribution in [3.63, 3.8) is 0 Å². The van der Waals surface area contributed by atoms with Crippen LogP contribution in [0.4, 0.5) is 0 Å². The van der Waals surface area contributed by atoms with Gasteiger partial charge in [-0.15, -0.1) is 0 Å². The quantitative estimate of drug-likeness (QED) is 0.259. The zero-order valence-electron chi connectivity index (χ0n) is 3.64. The predicted molar refractivity (Wildman–Crippen MR) is 22.8 cm³/mol. The Hall–Kier alpha value is -0.410. The molecular formula is C3H8N2O. The summed E-state index contributed by atoms with van der Waals surface area (Å²) >= 11 is 0. The summed E-state index contributed by atoms with van der Waals surface area (Å²) in [6, 6.07) is -0.218. The number of rotatable bonds is 2. The number of aldehydes is 1. The number of carbonyl (C=O) groups excluding carboxylic acids is 1. The molecule has 3 nitrogen and oxygen atoms in total. The molecule has 0 aromatic rings. The van der Waals surface area contributed by atoms with Gasteiger partial charge in [-0.2, -0.15) is 0 Å². The van der Waals surface area contributed by atoms with E-state index >= 15 is 0 Å². The third-order valence-corrected chi connectivity index (χ3v) is 0.467. The molecule has 0 aromatic carbocycles. The summed E-state index contributed by atoms with van der Waals surface area (Å²) in [5.41, 5.74) is 2.25. The summed E-state index contributed by atoms with van der Waals surface area (Å²) in [7, 11) is 0. The summed E-state index contributed by atoms with van der Waals surface area (Å²) in [6.07, 6.45) is 0.736. The maximum atomic E-state index is 9.59. The average molecular weight is 88.1 g/mol. The lowest BCUT2D eigenvalue weighted by Crippen LogP contribution is -2.33. The van der Waals surface area contributed by atoms with Gasteiger partial charge in [-0.25, -0.2) is 0 Å². The first-order chi connectivity index (χ1) is 2.81. The molecule has 0 aromatic heterocycles. The Kier molecular flexibility index (Phi) is 2.62. The highest BCUT2D eigenvalue weighted by atomic mass is 16.1. The third kappa shape index (κ3) is 1.87. The fourth-order valence-corrected chi connectivity index (χ4v) is 0.0393. The lowest BCUT2D eigenvalue weighted by atomic mass is 10.4. The SMILES string of the molecule is C[C@H](C=O)NN. The molecule has 0 amide bonds. The first-order valence-corrected chi connectivity index (χ1v) is 1.72. The van der Waals surface area contributed by atoms with E-state index < -0.39 is 0 Å². The van der Waals surface area contributed by atoms with Crippen molar-refractivity contribution in [1.29, 1.82) is 0 Å². The van der Waals surface area contributed by atoms with E-state index in [0.717, 1.165) is 6.29 Å². The minimum absolute atomic E-state index is 0.218. The number of nitrogens with one attached hydrogen (secondary N) is 1. The van der Waals surface area contributed by atoms with Gasteiger partial charge in [0.25, 0.3) is 0 Å². The van der Waals surface area contributed by atoms with E-state index in [1.807, 2.05) is 0 Å². The zero-order valence-corrected chi connectivity index (χ0v) is 3.64. The molecule has 36 valence electrons. The molecule has 3 heteroatoms.